The molecule has 2 atom stereocenters. The first kappa shape index (κ1) is 18.8. The van der Waals surface area contributed by atoms with E-state index in [2.05, 4.69) is 9.98 Å². The number of allylic oxidation sites excluding steroid dienone is 1. The summed E-state index contributed by atoms with van der Waals surface area (Å²) in [6, 6.07) is 15.9. The van der Waals surface area contributed by atoms with Crippen LogP contribution in [0.1, 0.15) is 29.3 Å². The summed E-state index contributed by atoms with van der Waals surface area (Å²) < 4.78 is 13.2. The first-order chi connectivity index (χ1) is 14.6. The number of aliphatic imine (C=N–C) groups is 1. The van der Waals surface area contributed by atoms with Crippen molar-refractivity contribution >= 4 is 34.3 Å². The van der Waals surface area contributed by atoms with Gasteiger partial charge in [-0.2, -0.15) is 0 Å². The fourth-order valence-corrected chi connectivity index (χ4v) is 4.86. The molecule has 2 unspecified atom stereocenters. The molecule has 2 heterocycles. The van der Waals surface area contributed by atoms with Gasteiger partial charge in [0.1, 0.15) is 16.6 Å². The van der Waals surface area contributed by atoms with Gasteiger partial charge in [-0.3, -0.25) is 9.59 Å². The van der Waals surface area contributed by atoms with Gasteiger partial charge in [0.2, 0.25) is 0 Å². The Bertz CT molecular complexity index is 1200. The fraction of sp³-hybridized carbons (Fsp3) is 0.167. The monoisotopic (exact) mass is 416 g/mol. The summed E-state index contributed by atoms with van der Waals surface area (Å²) in [6.45, 7) is 0. The Balaban J connectivity index is 1.42. The molecule has 148 valence electrons. The van der Waals surface area contributed by atoms with Crippen LogP contribution in [-0.4, -0.2) is 22.4 Å². The van der Waals surface area contributed by atoms with Gasteiger partial charge >= 0.3 is 0 Å². The maximum atomic E-state index is 13.2. The van der Waals surface area contributed by atoms with Crippen molar-refractivity contribution in [1.29, 1.82) is 0 Å². The summed E-state index contributed by atoms with van der Waals surface area (Å²) >= 11 is 1.32. The topological polar surface area (TPSA) is 59.4 Å². The summed E-state index contributed by atoms with van der Waals surface area (Å²) in [5, 5.41) is 2.35. The molecule has 1 aliphatic heterocycles. The normalized spacial score (nSPS) is 21.1. The van der Waals surface area contributed by atoms with Crippen LogP contribution in [0.4, 0.5) is 4.39 Å². The van der Waals surface area contributed by atoms with Gasteiger partial charge in [-0.25, -0.2) is 14.4 Å². The maximum absolute atomic E-state index is 13.2. The Morgan fingerprint density at radius 1 is 0.967 bits per heavy atom. The quantitative estimate of drug-likeness (QED) is 0.598. The molecule has 1 aliphatic carbocycles. The maximum Gasteiger partial charge on any atom is 0.279 e. The molecule has 6 heteroatoms. The van der Waals surface area contributed by atoms with E-state index in [1.165, 1.54) is 23.5 Å². The lowest BCUT2D eigenvalue weighted by Gasteiger charge is -2.29. The van der Waals surface area contributed by atoms with Gasteiger partial charge in [0.25, 0.3) is 5.91 Å². The van der Waals surface area contributed by atoms with Crippen LogP contribution >= 0.6 is 11.3 Å². The molecule has 0 spiro atoms. The van der Waals surface area contributed by atoms with Crippen LogP contribution in [0.15, 0.2) is 71.0 Å². The van der Waals surface area contributed by atoms with Crippen LogP contribution < -0.4 is 0 Å². The number of Topliss-reactive ketones (excluding diaryl/α,β-unsaturated/α-hetero) is 1. The van der Waals surface area contributed by atoms with Gasteiger partial charge in [-0.15, -0.1) is 11.3 Å². The standard InChI is InChI=1S/C24H17FN2O2S/c25-17-8-6-15(7-9-17)21-13-30-24(27-21)19-12-18-20(26-23(19)29)10-16(11-22(18)28)14-4-2-1-3-5-14/h1-9,12-13,16,18H,10-11H2. The molecule has 1 amide bonds. The Kier molecular flexibility index (Phi) is 4.71. The second-order valence-corrected chi connectivity index (χ2v) is 8.35. The van der Waals surface area contributed by atoms with Crippen LogP contribution in [0.3, 0.4) is 0 Å². The minimum absolute atomic E-state index is 0.0568. The molecule has 1 aromatic heterocycles. The smallest absolute Gasteiger partial charge is 0.279 e. The number of amides is 1. The lowest BCUT2D eigenvalue weighted by molar-refractivity contribution is -0.120. The highest BCUT2D eigenvalue weighted by Gasteiger charge is 2.37. The van der Waals surface area contributed by atoms with E-state index in [0.29, 0.717) is 34.8 Å². The minimum Gasteiger partial charge on any atom is -0.299 e. The molecule has 30 heavy (non-hydrogen) atoms. The van der Waals surface area contributed by atoms with Crippen molar-refractivity contribution in [3.8, 4) is 11.3 Å². The number of dihydropyridines is 1. The fourth-order valence-electron chi connectivity index (χ4n) is 4.01. The molecule has 0 saturated heterocycles. The lowest BCUT2D eigenvalue weighted by Crippen LogP contribution is -2.34. The number of carbonyl (C=O) groups is 2. The summed E-state index contributed by atoms with van der Waals surface area (Å²) in [6.07, 6.45) is 2.76. The number of nitrogens with zero attached hydrogens (tertiary/aromatic N) is 2. The third-order valence-corrected chi connectivity index (χ3v) is 6.44. The summed E-state index contributed by atoms with van der Waals surface area (Å²) in [5.74, 6) is -1.000. The molecule has 0 N–H and O–H groups in total. The zero-order valence-electron chi connectivity index (χ0n) is 15.9. The molecule has 2 aromatic carbocycles. The molecule has 1 saturated carbocycles. The Hall–Kier alpha value is -3.25. The molecule has 5 rings (SSSR count). The van der Waals surface area contributed by atoms with E-state index in [4.69, 9.17) is 0 Å². The van der Waals surface area contributed by atoms with Crippen molar-refractivity contribution in [3.05, 3.63) is 82.4 Å². The third kappa shape index (κ3) is 3.44. The number of hydrogen-bond acceptors (Lipinski definition) is 4. The van der Waals surface area contributed by atoms with Crippen LogP contribution in [0.5, 0.6) is 0 Å². The minimum atomic E-state index is -0.462. The van der Waals surface area contributed by atoms with Crippen LogP contribution in [0.25, 0.3) is 16.8 Å². The largest absolute Gasteiger partial charge is 0.299 e. The number of halogens is 1. The Labute approximate surface area is 176 Å². The predicted molar refractivity (Wildman–Crippen MR) is 115 cm³/mol. The molecule has 3 aromatic rings. The van der Waals surface area contributed by atoms with Crippen molar-refractivity contribution in [2.24, 2.45) is 10.9 Å². The Morgan fingerprint density at radius 2 is 1.73 bits per heavy atom. The summed E-state index contributed by atoms with van der Waals surface area (Å²) in [7, 11) is 0. The van der Waals surface area contributed by atoms with Gasteiger partial charge in [0.15, 0.2) is 0 Å². The SMILES string of the molecule is O=C1N=C2CC(c3ccccc3)CC(=O)C2C=C1c1nc(-c2ccc(F)cc2)cs1. The van der Waals surface area contributed by atoms with E-state index in [1.54, 1.807) is 18.2 Å². The molecular formula is C24H17FN2O2S. The average Bonchev–Trinajstić information content (AvgIpc) is 3.24. The lowest BCUT2D eigenvalue weighted by atomic mass is 9.75. The van der Waals surface area contributed by atoms with Crippen molar-refractivity contribution in [1.82, 2.24) is 4.98 Å². The van der Waals surface area contributed by atoms with Gasteiger partial charge < -0.3 is 0 Å². The number of ketones is 1. The van der Waals surface area contributed by atoms with Crippen molar-refractivity contribution in [3.63, 3.8) is 0 Å². The number of aromatic nitrogens is 1. The van der Waals surface area contributed by atoms with Crippen LogP contribution in [0, 0.1) is 11.7 Å². The molecule has 2 aliphatic rings. The second kappa shape index (κ2) is 7.54. The van der Waals surface area contributed by atoms with Crippen LogP contribution in [0.2, 0.25) is 0 Å². The highest BCUT2D eigenvalue weighted by atomic mass is 32.1. The molecular weight excluding hydrogens is 399 g/mol. The summed E-state index contributed by atoms with van der Waals surface area (Å²) in [5.41, 5.74) is 3.54. The van der Waals surface area contributed by atoms with Gasteiger partial charge in [0, 0.05) is 23.1 Å². The third-order valence-electron chi connectivity index (χ3n) is 5.56. The van der Waals surface area contributed by atoms with Gasteiger partial charge in [-0.05, 0) is 42.2 Å². The predicted octanol–water partition coefficient (Wildman–Crippen LogP) is 5.08. The van der Waals surface area contributed by atoms with Crippen molar-refractivity contribution in [2.45, 2.75) is 18.8 Å². The Morgan fingerprint density at radius 3 is 2.50 bits per heavy atom. The first-order valence-electron chi connectivity index (χ1n) is 9.71. The van der Waals surface area contributed by atoms with E-state index in [-0.39, 0.29) is 23.4 Å². The number of thiazole rings is 1. The zero-order valence-corrected chi connectivity index (χ0v) is 16.7. The van der Waals surface area contributed by atoms with E-state index < -0.39 is 5.92 Å². The molecule has 4 nitrogen and oxygen atoms in total. The highest BCUT2D eigenvalue weighted by Crippen LogP contribution is 2.37. The first-order valence-corrected chi connectivity index (χ1v) is 10.6. The number of carbonyl (C=O) groups excluding carboxylic acids is 2. The van der Waals surface area contributed by atoms with Crippen molar-refractivity contribution < 1.29 is 14.0 Å². The van der Waals surface area contributed by atoms with E-state index in [0.717, 1.165) is 11.1 Å². The highest BCUT2D eigenvalue weighted by molar-refractivity contribution is 7.11. The number of hydrogen-bond donors (Lipinski definition) is 0. The van der Waals surface area contributed by atoms with Gasteiger partial charge in [-0.1, -0.05) is 36.4 Å². The molecule has 0 radical (unpaired) electrons. The van der Waals surface area contributed by atoms with E-state index in [1.807, 2.05) is 35.7 Å². The number of rotatable bonds is 3. The molecule has 0 bridgehead atoms. The second-order valence-electron chi connectivity index (χ2n) is 7.49. The van der Waals surface area contributed by atoms with Crippen LogP contribution in [-0.2, 0) is 9.59 Å². The molecule has 1 fully saturated rings. The zero-order chi connectivity index (χ0) is 20.7. The summed E-state index contributed by atoms with van der Waals surface area (Å²) in [4.78, 5) is 34.4. The average molecular weight is 416 g/mol. The number of benzene rings is 2. The van der Waals surface area contributed by atoms with E-state index in [9.17, 15) is 14.0 Å². The van der Waals surface area contributed by atoms with Gasteiger partial charge in [0.05, 0.1) is 17.2 Å². The van der Waals surface area contributed by atoms with Crippen molar-refractivity contribution in [2.75, 3.05) is 0 Å². The number of fused-ring (bicyclic) bond motifs is 1. The van der Waals surface area contributed by atoms with E-state index >= 15 is 0 Å².